The van der Waals surface area contributed by atoms with Gasteiger partial charge in [0.2, 0.25) is 0 Å². The second-order valence-electron chi connectivity index (χ2n) is 6.62. The Morgan fingerprint density at radius 2 is 1.64 bits per heavy atom. The quantitative estimate of drug-likeness (QED) is 0.404. The van der Waals surface area contributed by atoms with Crippen LogP contribution in [0.5, 0.6) is 0 Å². The van der Waals surface area contributed by atoms with Crippen molar-refractivity contribution >= 4 is 34.2 Å². The first-order chi connectivity index (χ1) is 13.7. The van der Waals surface area contributed by atoms with Gasteiger partial charge in [0.25, 0.3) is 0 Å². The highest BCUT2D eigenvalue weighted by Gasteiger charge is 2.40. The molecule has 0 N–H and O–H groups in total. The summed E-state index contributed by atoms with van der Waals surface area (Å²) in [6, 6.07) is 23.4. The first kappa shape index (κ1) is 17.4. The van der Waals surface area contributed by atoms with E-state index < -0.39 is 11.8 Å². The van der Waals surface area contributed by atoms with Gasteiger partial charge in [0, 0.05) is 0 Å². The summed E-state index contributed by atoms with van der Waals surface area (Å²) in [6.07, 6.45) is 3.64. The highest BCUT2D eigenvalue weighted by Crippen LogP contribution is 2.45. The fourth-order valence-electron chi connectivity index (χ4n) is 3.60. The summed E-state index contributed by atoms with van der Waals surface area (Å²) in [5.41, 5.74) is 2.84. The number of hydrogen-bond donors (Lipinski definition) is 0. The first-order valence-electron chi connectivity index (χ1n) is 8.85. The van der Waals surface area contributed by atoms with Gasteiger partial charge >= 0.3 is 0 Å². The van der Waals surface area contributed by atoms with Crippen LogP contribution in [0.4, 0.5) is 0 Å². The highest BCUT2D eigenvalue weighted by molar-refractivity contribution is 6.42. The molecule has 0 spiro atoms. The van der Waals surface area contributed by atoms with Gasteiger partial charge in [0.05, 0.1) is 15.6 Å². The molecule has 5 rings (SSSR count). The van der Waals surface area contributed by atoms with Crippen LogP contribution in [0.15, 0.2) is 84.9 Å². The maximum atomic E-state index is 6.62. The lowest BCUT2D eigenvalue weighted by molar-refractivity contribution is -0.0395. The van der Waals surface area contributed by atoms with Crippen LogP contribution < -0.4 is 0 Å². The van der Waals surface area contributed by atoms with E-state index in [-0.39, 0.29) is 0 Å². The molecule has 2 atom stereocenters. The summed E-state index contributed by atoms with van der Waals surface area (Å²) in [6.45, 7) is 0. The van der Waals surface area contributed by atoms with E-state index in [4.69, 9.17) is 27.9 Å². The van der Waals surface area contributed by atoms with Gasteiger partial charge in [-0.3, -0.25) is 0 Å². The smallest absolute Gasteiger partial charge is 0.173 e. The van der Waals surface area contributed by atoms with E-state index in [0.29, 0.717) is 10.0 Å². The van der Waals surface area contributed by atoms with Gasteiger partial charge in [0.15, 0.2) is 6.23 Å². The molecule has 0 radical (unpaired) electrons. The Labute approximate surface area is 172 Å². The van der Waals surface area contributed by atoms with Crippen LogP contribution in [0.25, 0.3) is 11.0 Å². The molecule has 3 aromatic carbocycles. The number of nitrogens with zero attached hydrogens (tertiary/aromatic N) is 3. The average Bonchev–Trinajstić information content (AvgIpc) is 3.36. The van der Waals surface area contributed by atoms with Crippen molar-refractivity contribution < 1.29 is 4.74 Å². The zero-order valence-corrected chi connectivity index (χ0v) is 16.2. The summed E-state index contributed by atoms with van der Waals surface area (Å²) < 4.78 is 8.40. The molecular weight excluding hydrogens is 393 g/mol. The fraction of sp³-hybridized carbons (Fsp3) is 0.0909. The Bertz CT molecular complexity index is 1190. The van der Waals surface area contributed by atoms with Gasteiger partial charge in [-0.2, -0.15) is 0 Å². The summed E-state index contributed by atoms with van der Waals surface area (Å²) >= 11 is 12.5. The highest BCUT2D eigenvalue weighted by atomic mass is 35.5. The van der Waals surface area contributed by atoms with Crippen LogP contribution in [0.3, 0.4) is 0 Å². The van der Waals surface area contributed by atoms with Crippen molar-refractivity contribution in [2.24, 2.45) is 0 Å². The average molecular weight is 408 g/mol. The monoisotopic (exact) mass is 407 g/mol. The predicted octanol–water partition coefficient (Wildman–Crippen LogP) is 5.77. The largest absolute Gasteiger partial charge is 0.333 e. The third-order valence-electron chi connectivity index (χ3n) is 4.97. The van der Waals surface area contributed by atoms with Crippen LogP contribution in [-0.4, -0.2) is 15.0 Å². The number of rotatable bonds is 3. The molecule has 4 nitrogen and oxygen atoms in total. The van der Waals surface area contributed by atoms with E-state index in [9.17, 15) is 0 Å². The van der Waals surface area contributed by atoms with Crippen LogP contribution in [0.1, 0.15) is 17.4 Å². The summed E-state index contributed by atoms with van der Waals surface area (Å²) in [5.74, 6) is 0. The molecule has 0 amide bonds. The third-order valence-corrected chi connectivity index (χ3v) is 5.71. The van der Waals surface area contributed by atoms with Gasteiger partial charge in [-0.05, 0) is 47.5 Å². The fourth-order valence-corrected chi connectivity index (χ4v) is 3.90. The standard InChI is InChI=1S/C22H15Cl2N3O/c23-17-11-10-16(14-18(17)24)22(15-6-2-1-3-7-15)13-12-21(28-22)27-20-9-5-4-8-19(20)25-26-27/h1-14,21H. The van der Waals surface area contributed by atoms with E-state index in [0.717, 1.165) is 22.2 Å². The van der Waals surface area contributed by atoms with Gasteiger partial charge in [-0.25, -0.2) is 4.68 Å². The van der Waals surface area contributed by atoms with E-state index in [1.807, 2.05) is 78.9 Å². The molecule has 0 saturated carbocycles. The molecule has 0 aliphatic carbocycles. The van der Waals surface area contributed by atoms with Crippen LogP contribution in [-0.2, 0) is 10.3 Å². The lowest BCUT2D eigenvalue weighted by Crippen LogP contribution is -2.28. The minimum absolute atomic E-state index is 0.401. The van der Waals surface area contributed by atoms with Crippen molar-refractivity contribution in [3.8, 4) is 0 Å². The van der Waals surface area contributed by atoms with Crippen molar-refractivity contribution in [2.45, 2.75) is 11.8 Å². The predicted molar refractivity (Wildman–Crippen MR) is 110 cm³/mol. The SMILES string of the molecule is Clc1ccc(C2(c3ccccc3)C=CC(n3nnc4ccccc43)O2)cc1Cl. The molecule has 1 aromatic heterocycles. The molecule has 28 heavy (non-hydrogen) atoms. The number of fused-ring (bicyclic) bond motifs is 1. The minimum atomic E-state index is -0.798. The zero-order chi connectivity index (χ0) is 19.1. The molecule has 0 bridgehead atoms. The summed E-state index contributed by atoms with van der Waals surface area (Å²) in [7, 11) is 0. The molecule has 1 aliphatic rings. The van der Waals surface area contributed by atoms with Crippen LogP contribution in [0.2, 0.25) is 10.0 Å². The molecule has 1 aliphatic heterocycles. The number of aromatic nitrogens is 3. The Morgan fingerprint density at radius 3 is 2.46 bits per heavy atom. The number of halogens is 2. The van der Waals surface area contributed by atoms with Gasteiger partial charge < -0.3 is 4.74 Å². The zero-order valence-electron chi connectivity index (χ0n) is 14.7. The number of benzene rings is 3. The van der Waals surface area contributed by atoms with Crippen molar-refractivity contribution in [3.05, 3.63) is 106 Å². The molecule has 2 heterocycles. The van der Waals surface area contributed by atoms with Crippen molar-refractivity contribution in [1.82, 2.24) is 15.0 Å². The first-order valence-corrected chi connectivity index (χ1v) is 9.61. The Kier molecular flexibility index (Phi) is 4.20. The minimum Gasteiger partial charge on any atom is -0.333 e. The van der Waals surface area contributed by atoms with Gasteiger partial charge in [0.1, 0.15) is 11.1 Å². The third kappa shape index (κ3) is 2.73. The lowest BCUT2D eigenvalue weighted by atomic mass is 9.86. The summed E-state index contributed by atoms with van der Waals surface area (Å²) in [4.78, 5) is 0. The second-order valence-corrected chi connectivity index (χ2v) is 7.44. The topological polar surface area (TPSA) is 39.9 Å². The maximum Gasteiger partial charge on any atom is 0.173 e. The van der Waals surface area contributed by atoms with Crippen molar-refractivity contribution in [3.63, 3.8) is 0 Å². The molecule has 138 valence electrons. The normalized spacial score (nSPS) is 21.4. The van der Waals surface area contributed by atoms with Gasteiger partial charge in [-0.1, -0.05) is 76.9 Å². The van der Waals surface area contributed by atoms with E-state index >= 15 is 0 Å². The van der Waals surface area contributed by atoms with Crippen LogP contribution in [0, 0.1) is 0 Å². The Hall–Kier alpha value is -2.66. The molecule has 0 saturated heterocycles. The second kappa shape index (κ2) is 6.74. The van der Waals surface area contributed by atoms with E-state index in [1.54, 1.807) is 10.7 Å². The molecule has 4 aromatic rings. The summed E-state index contributed by atoms with van der Waals surface area (Å²) in [5, 5.41) is 9.54. The van der Waals surface area contributed by atoms with E-state index in [1.165, 1.54) is 0 Å². The van der Waals surface area contributed by atoms with Crippen molar-refractivity contribution in [1.29, 1.82) is 0 Å². The molecular formula is C22H15Cl2N3O. The van der Waals surface area contributed by atoms with E-state index in [2.05, 4.69) is 10.3 Å². The maximum absolute atomic E-state index is 6.62. The van der Waals surface area contributed by atoms with Crippen molar-refractivity contribution in [2.75, 3.05) is 0 Å². The molecule has 2 unspecified atom stereocenters. The Morgan fingerprint density at radius 1 is 0.857 bits per heavy atom. The lowest BCUT2D eigenvalue weighted by Gasteiger charge is -2.30. The Balaban J connectivity index is 1.63. The van der Waals surface area contributed by atoms with Crippen LogP contribution >= 0.6 is 23.2 Å². The number of para-hydroxylation sites is 1. The van der Waals surface area contributed by atoms with Gasteiger partial charge in [-0.15, -0.1) is 5.10 Å². The number of ether oxygens (including phenoxy) is 1. The molecule has 6 heteroatoms. The molecule has 0 fully saturated rings. The number of hydrogen-bond acceptors (Lipinski definition) is 3.